The Balaban J connectivity index is 1.69. The van der Waals surface area contributed by atoms with Crippen molar-refractivity contribution in [2.75, 3.05) is 24.5 Å². The van der Waals surface area contributed by atoms with Crippen LogP contribution in [0.5, 0.6) is 0 Å². The van der Waals surface area contributed by atoms with E-state index in [0.29, 0.717) is 6.54 Å². The van der Waals surface area contributed by atoms with E-state index < -0.39 is 0 Å². The third-order valence-corrected chi connectivity index (χ3v) is 4.37. The Labute approximate surface area is 137 Å². The summed E-state index contributed by atoms with van der Waals surface area (Å²) in [6.07, 6.45) is 5.84. The monoisotopic (exact) mass is 321 g/mol. The van der Waals surface area contributed by atoms with Crippen molar-refractivity contribution in [1.29, 1.82) is 5.26 Å². The Kier molecular flexibility index (Phi) is 3.46. The van der Waals surface area contributed by atoms with E-state index in [1.165, 1.54) is 6.33 Å². The average Bonchev–Trinajstić information content (AvgIpc) is 3.28. The number of carbonyl (C=O) groups excluding carboxylic acids is 1. The van der Waals surface area contributed by atoms with Crippen molar-refractivity contribution in [2.24, 2.45) is 5.92 Å². The number of H-pyrrole nitrogens is 1. The summed E-state index contributed by atoms with van der Waals surface area (Å²) in [5.74, 6) is 0.611. The lowest BCUT2D eigenvalue weighted by Crippen LogP contribution is -2.33. The second kappa shape index (κ2) is 5.77. The first-order valence-corrected chi connectivity index (χ1v) is 7.74. The van der Waals surface area contributed by atoms with Crippen molar-refractivity contribution < 1.29 is 4.79 Å². The molecular formula is C16H15N7O. The number of hydrogen-bond acceptors (Lipinski definition) is 6. The Hall–Kier alpha value is -3.21. The quantitative estimate of drug-likeness (QED) is 0.696. The highest BCUT2D eigenvalue weighted by atomic mass is 16.1. The number of rotatable bonds is 3. The zero-order valence-electron chi connectivity index (χ0n) is 12.9. The molecule has 2 N–H and O–H groups in total. The molecule has 0 bridgehead atoms. The maximum atomic E-state index is 12.1. The minimum absolute atomic E-state index is 0.0431. The van der Waals surface area contributed by atoms with Gasteiger partial charge in [0.15, 0.2) is 0 Å². The van der Waals surface area contributed by atoms with Crippen LogP contribution in [0.4, 0.5) is 5.82 Å². The van der Waals surface area contributed by atoms with Crippen LogP contribution in [-0.4, -0.2) is 45.5 Å². The van der Waals surface area contributed by atoms with Gasteiger partial charge in [0.1, 0.15) is 24.3 Å². The molecule has 120 valence electrons. The summed E-state index contributed by atoms with van der Waals surface area (Å²) in [6.45, 7) is 1.37. The molecule has 1 saturated heterocycles. The molecule has 0 aromatic carbocycles. The molecule has 0 spiro atoms. The summed E-state index contributed by atoms with van der Waals surface area (Å²) in [7, 11) is 0. The molecule has 0 aliphatic carbocycles. The Morgan fingerprint density at radius 3 is 3.25 bits per heavy atom. The topological polar surface area (TPSA) is 111 Å². The number of anilines is 1. The predicted octanol–water partition coefficient (Wildman–Crippen LogP) is 0.972. The Morgan fingerprint density at radius 2 is 2.38 bits per heavy atom. The van der Waals surface area contributed by atoms with Crippen LogP contribution in [0.1, 0.15) is 6.42 Å². The van der Waals surface area contributed by atoms with Gasteiger partial charge in [-0.05, 0) is 12.5 Å². The minimum atomic E-state index is -0.132. The number of aromatic amines is 1. The van der Waals surface area contributed by atoms with E-state index in [9.17, 15) is 4.79 Å². The van der Waals surface area contributed by atoms with Crippen LogP contribution >= 0.6 is 0 Å². The standard InChI is InChI=1S/C16H15N7O/c17-3-5-19-16(24)10-2-6-23(8-10)15-13-11-1-4-18-14(11)20-7-12(13)21-9-22-15/h1,4,7,9-10H,2,5-6,8H2,(H,18,20)(H,19,24). The normalized spacial score (nSPS) is 17.3. The van der Waals surface area contributed by atoms with Gasteiger partial charge in [-0.15, -0.1) is 0 Å². The van der Waals surface area contributed by atoms with Crippen LogP contribution in [0.25, 0.3) is 21.9 Å². The van der Waals surface area contributed by atoms with Gasteiger partial charge in [0.25, 0.3) is 0 Å². The van der Waals surface area contributed by atoms with Gasteiger partial charge in [-0.2, -0.15) is 5.26 Å². The second-order valence-corrected chi connectivity index (χ2v) is 5.76. The maximum Gasteiger partial charge on any atom is 0.225 e. The highest BCUT2D eigenvalue weighted by Crippen LogP contribution is 2.32. The van der Waals surface area contributed by atoms with E-state index in [4.69, 9.17) is 5.26 Å². The Morgan fingerprint density at radius 1 is 1.46 bits per heavy atom. The average molecular weight is 321 g/mol. The second-order valence-electron chi connectivity index (χ2n) is 5.76. The number of aromatic nitrogens is 4. The molecule has 3 aromatic rings. The molecule has 4 heterocycles. The third-order valence-electron chi connectivity index (χ3n) is 4.37. The number of nitriles is 1. The number of fused-ring (bicyclic) bond motifs is 3. The van der Waals surface area contributed by atoms with E-state index in [0.717, 1.165) is 40.7 Å². The van der Waals surface area contributed by atoms with Crippen LogP contribution in [0.3, 0.4) is 0 Å². The molecule has 0 radical (unpaired) electrons. The van der Waals surface area contributed by atoms with Crippen molar-refractivity contribution in [3.8, 4) is 6.07 Å². The van der Waals surface area contributed by atoms with Crippen molar-refractivity contribution in [3.63, 3.8) is 0 Å². The lowest BCUT2D eigenvalue weighted by atomic mass is 10.1. The first-order valence-electron chi connectivity index (χ1n) is 7.74. The summed E-state index contributed by atoms with van der Waals surface area (Å²) < 4.78 is 0. The van der Waals surface area contributed by atoms with Crippen molar-refractivity contribution in [3.05, 3.63) is 24.8 Å². The number of nitrogens with one attached hydrogen (secondary N) is 2. The van der Waals surface area contributed by atoms with Gasteiger partial charge in [0, 0.05) is 24.7 Å². The molecule has 1 atom stereocenters. The fourth-order valence-corrected chi connectivity index (χ4v) is 3.22. The molecule has 8 heteroatoms. The molecule has 3 aromatic heterocycles. The van der Waals surface area contributed by atoms with Gasteiger partial charge in [-0.3, -0.25) is 4.79 Å². The fourth-order valence-electron chi connectivity index (χ4n) is 3.22. The molecule has 0 saturated carbocycles. The maximum absolute atomic E-state index is 12.1. The zero-order valence-corrected chi connectivity index (χ0v) is 12.9. The SMILES string of the molecule is N#CCNC(=O)C1CCN(c2ncnc3cnc4[nH]ccc4c23)C1. The smallest absolute Gasteiger partial charge is 0.225 e. The molecule has 4 rings (SSSR count). The number of nitrogens with zero attached hydrogens (tertiary/aromatic N) is 5. The number of hydrogen-bond donors (Lipinski definition) is 2. The predicted molar refractivity (Wildman–Crippen MR) is 88.1 cm³/mol. The van der Waals surface area contributed by atoms with Crippen molar-refractivity contribution in [1.82, 2.24) is 25.3 Å². The van der Waals surface area contributed by atoms with E-state index in [1.807, 2.05) is 18.3 Å². The molecule has 24 heavy (non-hydrogen) atoms. The summed E-state index contributed by atoms with van der Waals surface area (Å²) in [4.78, 5) is 30.4. The summed E-state index contributed by atoms with van der Waals surface area (Å²) >= 11 is 0. The molecule has 1 aliphatic rings. The minimum Gasteiger partial charge on any atom is -0.355 e. The molecule has 1 aliphatic heterocycles. The van der Waals surface area contributed by atoms with E-state index in [2.05, 4.69) is 30.2 Å². The first kappa shape index (κ1) is 14.4. The van der Waals surface area contributed by atoms with Crippen LogP contribution < -0.4 is 10.2 Å². The van der Waals surface area contributed by atoms with Crippen LogP contribution in [0.2, 0.25) is 0 Å². The van der Waals surface area contributed by atoms with Gasteiger partial charge in [0.2, 0.25) is 5.91 Å². The first-order chi connectivity index (χ1) is 11.8. The van der Waals surface area contributed by atoms with Gasteiger partial charge in [0.05, 0.1) is 29.1 Å². The van der Waals surface area contributed by atoms with Crippen LogP contribution in [-0.2, 0) is 4.79 Å². The van der Waals surface area contributed by atoms with Crippen LogP contribution in [0.15, 0.2) is 24.8 Å². The van der Waals surface area contributed by atoms with E-state index >= 15 is 0 Å². The molecular weight excluding hydrogens is 306 g/mol. The third kappa shape index (κ3) is 2.31. The molecule has 1 amide bonds. The molecule has 1 fully saturated rings. The van der Waals surface area contributed by atoms with Crippen LogP contribution in [0, 0.1) is 17.2 Å². The lowest BCUT2D eigenvalue weighted by molar-refractivity contribution is -0.124. The number of carbonyl (C=O) groups is 1. The van der Waals surface area contributed by atoms with Crippen molar-refractivity contribution >= 4 is 33.7 Å². The summed E-state index contributed by atoms with van der Waals surface area (Å²) in [5.41, 5.74) is 1.57. The summed E-state index contributed by atoms with van der Waals surface area (Å²) in [5, 5.41) is 13.1. The highest BCUT2D eigenvalue weighted by Gasteiger charge is 2.30. The van der Waals surface area contributed by atoms with Gasteiger partial charge in [-0.1, -0.05) is 0 Å². The summed E-state index contributed by atoms with van der Waals surface area (Å²) in [6, 6.07) is 3.89. The molecule has 1 unspecified atom stereocenters. The van der Waals surface area contributed by atoms with Crippen molar-refractivity contribution in [2.45, 2.75) is 6.42 Å². The molecule has 8 nitrogen and oxygen atoms in total. The van der Waals surface area contributed by atoms with Gasteiger partial charge >= 0.3 is 0 Å². The largest absolute Gasteiger partial charge is 0.355 e. The van der Waals surface area contributed by atoms with E-state index in [1.54, 1.807) is 6.20 Å². The van der Waals surface area contributed by atoms with Gasteiger partial charge < -0.3 is 15.2 Å². The lowest BCUT2D eigenvalue weighted by Gasteiger charge is -2.19. The van der Waals surface area contributed by atoms with Gasteiger partial charge in [-0.25, -0.2) is 15.0 Å². The fraction of sp³-hybridized carbons (Fsp3) is 0.312. The van der Waals surface area contributed by atoms with E-state index in [-0.39, 0.29) is 18.4 Å². The zero-order chi connectivity index (χ0) is 16.5. The highest BCUT2D eigenvalue weighted by molar-refractivity contribution is 6.09. The number of amides is 1. The Bertz CT molecular complexity index is 958. The number of pyridine rings is 1.